The van der Waals surface area contributed by atoms with Crippen LogP contribution < -0.4 is 5.32 Å². The van der Waals surface area contributed by atoms with E-state index >= 15 is 0 Å². The zero-order valence-electron chi connectivity index (χ0n) is 10.9. The van der Waals surface area contributed by atoms with E-state index in [1.165, 1.54) is 0 Å². The molecule has 2 N–H and O–H groups in total. The van der Waals surface area contributed by atoms with Crippen molar-refractivity contribution in [2.75, 3.05) is 26.2 Å². The van der Waals surface area contributed by atoms with Crippen LogP contribution in [0.25, 0.3) is 0 Å². The predicted molar refractivity (Wildman–Crippen MR) is 66.5 cm³/mol. The molecule has 0 bridgehead atoms. The number of aliphatic hydroxyl groups is 1. The van der Waals surface area contributed by atoms with E-state index in [2.05, 4.69) is 5.32 Å². The molecule has 0 spiro atoms. The highest BCUT2D eigenvalue weighted by molar-refractivity contribution is 5.79. The first-order valence-corrected chi connectivity index (χ1v) is 6.31. The maximum atomic E-state index is 11.6. The summed E-state index contributed by atoms with van der Waals surface area (Å²) in [5, 5.41) is 11.3. The molecule has 0 radical (unpaired) electrons. The Balaban J connectivity index is 3.61. The molecule has 100 valence electrons. The molecule has 0 aromatic heterocycles. The predicted octanol–water partition coefficient (Wildman–Crippen LogP) is 0.524. The molecular formula is C12H24N2O3. The molecule has 2 amide bonds. The highest BCUT2D eigenvalue weighted by Crippen LogP contribution is 1.95. The molecule has 5 nitrogen and oxygen atoms in total. The molecule has 0 aliphatic rings. The molecule has 0 aliphatic heterocycles. The highest BCUT2D eigenvalue weighted by Gasteiger charge is 2.09. The molecule has 0 aliphatic carbocycles. The van der Waals surface area contributed by atoms with Gasteiger partial charge in [0.05, 0.1) is 0 Å². The van der Waals surface area contributed by atoms with Gasteiger partial charge in [-0.15, -0.1) is 0 Å². The molecule has 0 saturated carbocycles. The number of amides is 2. The number of rotatable bonds is 9. The first-order chi connectivity index (χ1) is 8.15. The molecule has 0 heterocycles. The van der Waals surface area contributed by atoms with Crippen LogP contribution in [-0.2, 0) is 9.59 Å². The van der Waals surface area contributed by atoms with Crippen molar-refractivity contribution >= 4 is 11.8 Å². The molecular weight excluding hydrogens is 220 g/mol. The molecule has 0 unspecified atom stereocenters. The van der Waals surface area contributed by atoms with Gasteiger partial charge in [0.1, 0.15) is 0 Å². The summed E-state index contributed by atoms with van der Waals surface area (Å²) < 4.78 is 0. The van der Waals surface area contributed by atoms with Crippen molar-refractivity contribution in [3.05, 3.63) is 0 Å². The van der Waals surface area contributed by atoms with E-state index in [1.807, 2.05) is 13.8 Å². The van der Waals surface area contributed by atoms with E-state index in [-0.39, 0.29) is 18.4 Å². The van der Waals surface area contributed by atoms with Gasteiger partial charge in [-0.05, 0) is 26.7 Å². The fourth-order valence-electron chi connectivity index (χ4n) is 1.53. The zero-order valence-corrected chi connectivity index (χ0v) is 10.9. The minimum atomic E-state index is -0.0502. The zero-order chi connectivity index (χ0) is 13.1. The van der Waals surface area contributed by atoms with Crippen LogP contribution in [0.1, 0.15) is 39.5 Å². The highest BCUT2D eigenvalue weighted by atomic mass is 16.3. The van der Waals surface area contributed by atoms with Gasteiger partial charge in [0.2, 0.25) is 11.8 Å². The third kappa shape index (κ3) is 7.74. The van der Waals surface area contributed by atoms with Gasteiger partial charge in [-0.2, -0.15) is 0 Å². The summed E-state index contributed by atoms with van der Waals surface area (Å²) in [6, 6.07) is 0. The Morgan fingerprint density at radius 3 is 2.29 bits per heavy atom. The third-order valence-corrected chi connectivity index (χ3v) is 2.59. The Labute approximate surface area is 103 Å². The van der Waals surface area contributed by atoms with Crippen molar-refractivity contribution in [3.8, 4) is 0 Å². The Hall–Kier alpha value is -1.10. The van der Waals surface area contributed by atoms with E-state index in [9.17, 15) is 9.59 Å². The fourth-order valence-corrected chi connectivity index (χ4v) is 1.53. The lowest BCUT2D eigenvalue weighted by Gasteiger charge is -2.18. The van der Waals surface area contributed by atoms with Gasteiger partial charge in [0.15, 0.2) is 0 Å². The average molecular weight is 244 g/mol. The third-order valence-electron chi connectivity index (χ3n) is 2.59. The Morgan fingerprint density at radius 1 is 1.12 bits per heavy atom. The Bertz CT molecular complexity index is 228. The molecule has 0 saturated heterocycles. The number of hydrogen-bond acceptors (Lipinski definition) is 3. The summed E-state index contributed by atoms with van der Waals surface area (Å²) in [5.74, 6) is 0.0245. The second-order valence-corrected chi connectivity index (χ2v) is 3.85. The van der Waals surface area contributed by atoms with E-state index in [0.29, 0.717) is 45.3 Å². The second kappa shape index (κ2) is 10.1. The van der Waals surface area contributed by atoms with Gasteiger partial charge in [0.25, 0.3) is 0 Å². The van der Waals surface area contributed by atoms with Crippen molar-refractivity contribution in [1.82, 2.24) is 10.2 Å². The Kier molecular flexibility index (Phi) is 9.43. The lowest BCUT2D eigenvalue weighted by atomic mass is 10.2. The standard InChI is InChI=1S/C12H24N2O3/c1-3-14(4-2)12(17)8-9-13-11(16)7-5-6-10-15/h15H,3-10H2,1-2H3,(H,13,16). The number of carbonyl (C=O) groups excluding carboxylic acids is 2. The van der Waals surface area contributed by atoms with Crippen LogP contribution in [0.15, 0.2) is 0 Å². The monoisotopic (exact) mass is 244 g/mol. The van der Waals surface area contributed by atoms with Crippen LogP contribution in [0.2, 0.25) is 0 Å². The number of nitrogens with one attached hydrogen (secondary N) is 1. The van der Waals surface area contributed by atoms with Gasteiger partial charge < -0.3 is 15.3 Å². The van der Waals surface area contributed by atoms with Crippen molar-refractivity contribution in [3.63, 3.8) is 0 Å². The summed E-state index contributed by atoms with van der Waals surface area (Å²) >= 11 is 0. The van der Waals surface area contributed by atoms with E-state index < -0.39 is 0 Å². The quantitative estimate of drug-likeness (QED) is 0.581. The smallest absolute Gasteiger partial charge is 0.224 e. The second-order valence-electron chi connectivity index (χ2n) is 3.85. The van der Waals surface area contributed by atoms with Crippen LogP contribution >= 0.6 is 0 Å². The summed E-state index contributed by atoms with van der Waals surface area (Å²) in [6.07, 6.45) is 2.10. The number of aliphatic hydroxyl groups excluding tert-OH is 1. The fraction of sp³-hybridized carbons (Fsp3) is 0.833. The van der Waals surface area contributed by atoms with Crippen molar-refractivity contribution in [2.45, 2.75) is 39.5 Å². The molecule has 0 rings (SSSR count). The van der Waals surface area contributed by atoms with Crippen LogP contribution in [-0.4, -0.2) is 48.1 Å². The largest absolute Gasteiger partial charge is 0.396 e. The van der Waals surface area contributed by atoms with E-state index in [4.69, 9.17) is 5.11 Å². The normalized spacial score (nSPS) is 10.1. The summed E-state index contributed by atoms with van der Waals surface area (Å²) in [5.41, 5.74) is 0. The lowest BCUT2D eigenvalue weighted by Crippen LogP contribution is -2.34. The molecule has 0 aromatic carbocycles. The number of nitrogens with zero attached hydrogens (tertiary/aromatic N) is 1. The minimum Gasteiger partial charge on any atom is -0.396 e. The first-order valence-electron chi connectivity index (χ1n) is 6.31. The summed E-state index contributed by atoms with van der Waals surface area (Å²) in [6.45, 7) is 5.81. The summed E-state index contributed by atoms with van der Waals surface area (Å²) in [4.78, 5) is 24.6. The molecule has 0 atom stereocenters. The maximum Gasteiger partial charge on any atom is 0.224 e. The van der Waals surface area contributed by atoms with Crippen molar-refractivity contribution < 1.29 is 14.7 Å². The van der Waals surface area contributed by atoms with Crippen LogP contribution in [0.3, 0.4) is 0 Å². The molecule has 0 aromatic rings. The van der Waals surface area contributed by atoms with Gasteiger partial charge in [-0.1, -0.05) is 0 Å². The number of hydrogen-bond donors (Lipinski definition) is 2. The Morgan fingerprint density at radius 2 is 1.76 bits per heavy atom. The topological polar surface area (TPSA) is 69.6 Å². The van der Waals surface area contributed by atoms with E-state index in [0.717, 1.165) is 0 Å². The van der Waals surface area contributed by atoms with Gasteiger partial charge >= 0.3 is 0 Å². The molecule has 5 heteroatoms. The first kappa shape index (κ1) is 15.9. The number of unbranched alkanes of at least 4 members (excludes halogenated alkanes) is 1. The minimum absolute atomic E-state index is 0.0502. The maximum absolute atomic E-state index is 11.6. The van der Waals surface area contributed by atoms with Crippen molar-refractivity contribution in [2.24, 2.45) is 0 Å². The SMILES string of the molecule is CCN(CC)C(=O)CCNC(=O)CCCCO. The lowest BCUT2D eigenvalue weighted by molar-refractivity contribution is -0.130. The number of carbonyl (C=O) groups is 2. The average Bonchev–Trinajstić information content (AvgIpc) is 2.31. The van der Waals surface area contributed by atoms with Crippen LogP contribution in [0.5, 0.6) is 0 Å². The van der Waals surface area contributed by atoms with Gasteiger partial charge in [-0.3, -0.25) is 9.59 Å². The van der Waals surface area contributed by atoms with Gasteiger partial charge in [-0.25, -0.2) is 0 Å². The van der Waals surface area contributed by atoms with Crippen LogP contribution in [0, 0.1) is 0 Å². The molecule has 17 heavy (non-hydrogen) atoms. The van der Waals surface area contributed by atoms with Gasteiger partial charge in [0, 0.05) is 39.1 Å². The van der Waals surface area contributed by atoms with Crippen molar-refractivity contribution in [1.29, 1.82) is 0 Å². The summed E-state index contributed by atoms with van der Waals surface area (Å²) in [7, 11) is 0. The molecule has 0 fully saturated rings. The van der Waals surface area contributed by atoms with Crippen LogP contribution in [0.4, 0.5) is 0 Å². The van der Waals surface area contributed by atoms with E-state index in [1.54, 1.807) is 4.90 Å².